The number of piperazine rings is 1. The number of hydrogen-bond acceptors (Lipinski definition) is 4. The summed E-state index contributed by atoms with van der Waals surface area (Å²) in [6.07, 6.45) is 1.97. The SMILES string of the molecule is Cc1cc(C)n2c(=S)n(C[NH+]3CCN(c4cccc[nH+]4)CC3)nc2n1. The first-order valence-electron chi connectivity index (χ1n) is 8.61. The predicted molar refractivity (Wildman–Crippen MR) is 97.2 cm³/mol. The van der Waals surface area contributed by atoms with Crippen LogP contribution in [0.3, 0.4) is 0 Å². The van der Waals surface area contributed by atoms with Gasteiger partial charge in [-0.3, -0.25) is 9.30 Å². The molecule has 3 aromatic rings. The number of aryl methyl sites for hydroxylation is 2. The van der Waals surface area contributed by atoms with Crippen molar-refractivity contribution < 1.29 is 9.88 Å². The third kappa shape index (κ3) is 3.14. The molecule has 4 rings (SSSR count). The van der Waals surface area contributed by atoms with E-state index in [0.29, 0.717) is 5.78 Å². The largest absolute Gasteiger partial charge is 0.310 e. The molecule has 25 heavy (non-hydrogen) atoms. The Morgan fingerprint density at radius 1 is 1.24 bits per heavy atom. The van der Waals surface area contributed by atoms with Gasteiger partial charge in [0.25, 0.3) is 11.6 Å². The Balaban J connectivity index is 1.49. The first kappa shape index (κ1) is 16.2. The van der Waals surface area contributed by atoms with Gasteiger partial charge in [-0.05, 0) is 38.2 Å². The zero-order chi connectivity index (χ0) is 17.4. The van der Waals surface area contributed by atoms with E-state index in [2.05, 4.69) is 32.1 Å². The molecule has 0 bridgehead atoms. The number of aromatic nitrogens is 5. The summed E-state index contributed by atoms with van der Waals surface area (Å²) in [6.45, 7) is 8.98. The van der Waals surface area contributed by atoms with Gasteiger partial charge in [-0.2, -0.15) is 4.68 Å². The molecule has 130 valence electrons. The second-order valence-electron chi connectivity index (χ2n) is 6.60. The lowest BCUT2D eigenvalue weighted by molar-refractivity contribution is -0.924. The van der Waals surface area contributed by atoms with Crippen molar-refractivity contribution in [2.24, 2.45) is 0 Å². The highest BCUT2D eigenvalue weighted by Gasteiger charge is 2.26. The quantitative estimate of drug-likeness (QED) is 0.673. The third-order valence-corrected chi connectivity index (χ3v) is 5.14. The van der Waals surface area contributed by atoms with Crippen LogP contribution in [0, 0.1) is 18.6 Å². The number of pyridine rings is 1. The molecular weight excluding hydrogens is 334 g/mol. The van der Waals surface area contributed by atoms with Gasteiger partial charge < -0.3 is 4.90 Å². The number of quaternary nitrogens is 1. The zero-order valence-corrected chi connectivity index (χ0v) is 15.4. The van der Waals surface area contributed by atoms with E-state index in [9.17, 15) is 0 Å². The van der Waals surface area contributed by atoms with Crippen LogP contribution in [0.4, 0.5) is 5.82 Å². The van der Waals surface area contributed by atoms with E-state index in [-0.39, 0.29) is 0 Å². The Morgan fingerprint density at radius 2 is 2.04 bits per heavy atom. The molecule has 0 aliphatic carbocycles. The summed E-state index contributed by atoms with van der Waals surface area (Å²) < 4.78 is 4.60. The molecule has 0 aromatic carbocycles. The summed E-state index contributed by atoms with van der Waals surface area (Å²) in [6, 6.07) is 8.24. The lowest BCUT2D eigenvalue weighted by Crippen LogP contribution is -3.14. The predicted octanol–water partition coefficient (Wildman–Crippen LogP) is 0.0538. The fourth-order valence-corrected chi connectivity index (χ4v) is 3.78. The van der Waals surface area contributed by atoms with Crippen LogP contribution in [-0.2, 0) is 6.67 Å². The van der Waals surface area contributed by atoms with E-state index in [0.717, 1.165) is 49.0 Å². The summed E-state index contributed by atoms with van der Waals surface area (Å²) in [5.74, 6) is 1.88. The van der Waals surface area contributed by atoms with Gasteiger partial charge in [-0.25, -0.2) is 9.97 Å². The maximum absolute atomic E-state index is 5.62. The minimum Gasteiger partial charge on any atom is -0.310 e. The zero-order valence-electron chi connectivity index (χ0n) is 14.6. The van der Waals surface area contributed by atoms with Gasteiger partial charge >= 0.3 is 0 Å². The van der Waals surface area contributed by atoms with Crippen LogP contribution in [0.25, 0.3) is 5.78 Å². The average Bonchev–Trinajstić information content (AvgIpc) is 2.92. The van der Waals surface area contributed by atoms with E-state index >= 15 is 0 Å². The van der Waals surface area contributed by atoms with Gasteiger partial charge in [0.2, 0.25) is 4.77 Å². The Bertz CT molecular complexity index is 939. The maximum Gasteiger partial charge on any atom is 0.274 e. The molecule has 1 aliphatic heterocycles. The molecular formula is C17H23N7S+2. The molecule has 7 nitrogen and oxygen atoms in total. The molecule has 8 heteroatoms. The standard InChI is InChI=1S/C17H21N7S/c1-13-11-14(2)24-16(19-13)20-23(17(24)25)12-21-7-9-22(10-8-21)15-5-3-4-6-18-15/h3-6,11H,7-10,12H2,1-2H3/p+2. The fourth-order valence-electron chi connectivity index (χ4n) is 3.45. The van der Waals surface area contributed by atoms with E-state index in [4.69, 9.17) is 12.2 Å². The summed E-state index contributed by atoms with van der Waals surface area (Å²) in [7, 11) is 0. The van der Waals surface area contributed by atoms with E-state index < -0.39 is 0 Å². The van der Waals surface area contributed by atoms with Crippen molar-refractivity contribution in [3.63, 3.8) is 0 Å². The van der Waals surface area contributed by atoms with Gasteiger partial charge in [0, 0.05) is 17.5 Å². The van der Waals surface area contributed by atoms with Crippen LogP contribution in [0.2, 0.25) is 0 Å². The van der Waals surface area contributed by atoms with Crippen molar-refractivity contribution in [3.8, 4) is 0 Å². The van der Waals surface area contributed by atoms with E-state index in [1.807, 2.05) is 41.3 Å². The van der Waals surface area contributed by atoms with Crippen molar-refractivity contribution in [2.75, 3.05) is 31.1 Å². The summed E-state index contributed by atoms with van der Waals surface area (Å²) >= 11 is 5.62. The van der Waals surface area contributed by atoms with Crippen LogP contribution in [0.1, 0.15) is 11.4 Å². The summed E-state index contributed by atoms with van der Waals surface area (Å²) in [5, 5.41) is 4.63. The fraction of sp³-hybridized carbons (Fsp3) is 0.412. The summed E-state index contributed by atoms with van der Waals surface area (Å²) in [4.78, 5) is 11.7. The third-order valence-electron chi connectivity index (χ3n) is 4.75. The second kappa shape index (κ2) is 6.53. The van der Waals surface area contributed by atoms with Gasteiger partial charge in [0.1, 0.15) is 26.2 Å². The number of H-pyrrole nitrogens is 1. The second-order valence-corrected chi connectivity index (χ2v) is 6.96. The molecule has 0 spiro atoms. The Morgan fingerprint density at radius 3 is 2.76 bits per heavy atom. The number of rotatable bonds is 3. The molecule has 4 heterocycles. The number of nitrogens with one attached hydrogen (secondary N) is 2. The molecule has 0 atom stereocenters. The molecule has 1 aliphatic rings. The van der Waals surface area contributed by atoms with Gasteiger partial charge in [-0.1, -0.05) is 6.07 Å². The molecule has 0 saturated carbocycles. The highest BCUT2D eigenvalue weighted by molar-refractivity contribution is 7.71. The normalized spacial score (nSPS) is 15.8. The Kier molecular flexibility index (Phi) is 4.22. The number of nitrogens with zero attached hydrogens (tertiary/aromatic N) is 5. The number of aromatic amines is 1. The maximum atomic E-state index is 5.62. The highest BCUT2D eigenvalue weighted by Crippen LogP contribution is 2.07. The monoisotopic (exact) mass is 357 g/mol. The van der Waals surface area contributed by atoms with Crippen LogP contribution in [0.15, 0.2) is 30.5 Å². The average molecular weight is 357 g/mol. The topological polar surface area (TPSA) is 56.9 Å². The minimum atomic E-state index is 0.694. The van der Waals surface area contributed by atoms with Crippen molar-refractivity contribution in [3.05, 3.63) is 46.6 Å². The molecule has 0 amide bonds. The highest BCUT2D eigenvalue weighted by atomic mass is 32.1. The lowest BCUT2D eigenvalue weighted by atomic mass is 10.3. The Labute approximate surface area is 151 Å². The van der Waals surface area contributed by atoms with Crippen molar-refractivity contribution >= 4 is 23.8 Å². The van der Waals surface area contributed by atoms with Crippen LogP contribution in [0.5, 0.6) is 0 Å². The first-order chi connectivity index (χ1) is 12.1. The number of hydrogen-bond donors (Lipinski definition) is 1. The smallest absolute Gasteiger partial charge is 0.274 e. The van der Waals surface area contributed by atoms with E-state index in [1.165, 1.54) is 10.7 Å². The van der Waals surface area contributed by atoms with Crippen molar-refractivity contribution in [2.45, 2.75) is 20.5 Å². The molecule has 3 aromatic heterocycles. The molecule has 2 N–H and O–H groups in total. The van der Waals surface area contributed by atoms with Crippen LogP contribution >= 0.6 is 12.2 Å². The molecule has 1 fully saturated rings. The Hall–Kier alpha value is -2.32. The van der Waals surface area contributed by atoms with Crippen LogP contribution in [-0.4, -0.2) is 45.3 Å². The van der Waals surface area contributed by atoms with Gasteiger partial charge in [-0.15, -0.1) is 5.10 Å². The molecule has 1 saturated heterocycles. The van der Waals surface area contributed by atoms with Crippen LogP contribution < -0.4 is 14.8 Å². The van der Waals surface area contributed by atoms with Gasteiger partial charge in [0.15, 0.2) is 6.67 Å². The molecule has 0 radical (unpaired) electrons. The van der Waals surface area contributed by atoms with E-state index in [1.54, 1.807) is 0 Å². The number of fused-ring (bicyclic) bond motifs is 1. The number of anilines is 1. The molecule has 0 unspecified atom stereocenters. The first-order valence-corrected chi connectivity index (χ1v) is 9.02. The van der Waals surface area contributed by atoms with Crippen molar-refractivity contribution in [1.29, 1.82) is 0 Å². The van der Waals surface area contributed by atoms with Gasteiger partial charge in [0.05, 0.1) is 6.20 Å². The minimum absolute atomic E-state index is 0.694. The van der Waals surface area contributed by atoms with Crippen molar-refractivity contribution in [1.82, 2.24) is 19.2 Å². The lowest BCUT2D eigenvalue weighted by Gasteiger charge is -2.27. The summed E-state index contributed by atoms with van der Waals surface area (Å²) in [5.41, 5.74) is 2.05.